The Morgan fingerprint density at radius 3 is 2.92 bits per heavy atom. The summed E-state index contributed by atoms with van der Waals surface area (Å²) in [7, 11) is -1.46. The van der Waals surface area contributed by atoms with Gasteiger partial charge in [0.1, 0.15) is 19.6 Å². The number of anilines is 1. The molecule has 1 aliphatic rings. The predicted octanol–water partition coefficient (Wildman–Crippen LogP) is 3.81. The van der Waals surface area contributed by atoms with Gasteiger partial charge in [-0.05, 0) is 29.1 Å². The van der Waals surface area contributed by atoms with Gasteiger partial charge >= 0.3 is 0 Å². The summed E-state index contributed by atoms with van der Waals surface area (Å²) in [5, 5.41) is 11.8. The number of nitrogens with one attached hydrogen (secondary N) is 1. The average molecular weight is 385 g/mol. The first-order valence-electron chi connectivity index (χ1n) is 8.43. The Balaban J connectivity index is 1.87. The van der Waals surface area contributed by atoms with Crippen molar-refractivity contribution in [1.29, 1.82) is 0 Å². The number of carbonyl (C=O) groups excluding carboxylic acids is 1. The van der Waals surface area contributed by atoms with E-state index in [1.807, 2.05) is 22.2 Å². The van der Waals surface area contributed by atoms with Gasteiger partial charge in [-0.1, -0.05) is 13.1 Å². The molecule has 0 bridgehead atoms. The van der Waals surface area contributed by atoms with Gasteiger partial charge in [0, 0.05) is 30.2 Å². The number of carbonyl (C=O) groups is 1. The van der Waals surface area contributed by atoms with E-state index >= 15 is 0 Å². The van der Waals surface area contributed by atoms with Crippen molar-refractivity contribution in [2.45, 2.75) is 26.2 Å². The van der Waals surface area contributed by atoms with Gasteiger partial charge in [-0.25, -0.2) is 9.67 Å². The van der Waals surface area contributed by atoms with Crippen molar-refractivity contribution in [3.8, 4) is 28.3 Å². The van der Waals surface area contributed by atoms with Gasteiger partial charge in [-0.15, -0.1) is 0 Å². The van der Waals surface area contributed by atoms with E-state index in [0.29, 0.717) is 5.82 Å². The summed E-state index contributed by atoms with van der Waals surface area (Å²) in [4.78, 5) is 15.6. The first-order valence-corrected chi connectivity index (χ1v) is 12.8. The van der Waals surface area contributed by atoms with Crippen LogP contribution in [0.1, 0.15) is 6.92 Å². The number of aromatic nitrogens is 3. The van der Waals surface area contributed by atoms with Crippen LogP contribution in [0.3, 0.4) is 0 Å². The molecule has 4 rings (SSSR count). The number of hydrogen-bond acceptors (Lipinski definition) is 5. The van der Waals surface area contributed by atoms with Crippen molar-refractivity contribution in [3.05, 3.63) is 35.2 Å². The molecule has 0 aliphatic carbocycles. The maximum Gasteiger partial charge on any atom is 0.222 e. The third kappa shape index (κ3) is 3.17. The standard InChI is InChI=1S/C18H20N4O2SSi/c1-12(23)20-15-8-13(4-6-19-15)16-17(14-5-7-25-9-14)21-22-10-26(2,3)11-24-18(16)22/h4-9H,10-11H2,1-3H3,(H,19,20,23). The number of amides is 1. The molecule has 4 heterocycles. The Morgan fingerprint density at radius 2 is 2.19 bits per heavy atom. The maximum absolute atomic E-state index is 11.4. The number of pyridine rings is 1. The molecule has 0 unspecified atom stereocenters. The highest BCUT2D eigenvalue weighted by molar-refractivity contribution is 7.08. The van der Waals surface area contributed by atoms with Crippen LogP contribution in [0.15, 0.2) is 35.2 Å². The molecule has 0 atom stereocenters. The molecule has 1 N–H and O–H groups in total. The fraction of sp³-hybridized carbons (Fsp3) is 0.278. The number of ether oxygens (including phenoxy) is 1. The van der Waals surface area contributed by atoms with Crippen LogP contribution in [0.5, 0.6) is 5.88 Å². The van der Waals surface area contributed by atoms with Gasteiger partial charge in [0.05, 0.1) is 11.8 Å². The highest BCUT2D eigenvalue weighted by atomic mass is 32.1. The molecule has 3 aromatic heterocycles. The molecule has 1 aliphatic heterocycles. The van der Waals surface area contributed by atoms with Crippen LogP contribution in [-0.2, 0) is 11.0 Å². The van der Waals surface area contributed by atoms with Crippen LogP contribution in [0, 0.1) is 0 Å². The first kappa shape index (κ1) is 17.0. The molecule has 0 aromatic carbocycles. The summed E-state index contributed by atoms with van der Waals surface area (Å²) in [6, 6.07) is 5.87. The SMILES string of the molecule is CC(=O)Nc1cc(-c2c(-c3ccsc3)nn3c2OC[Si](C)(C)C3)ccn1. The lowest BCUT2D eigenvalue weighted by atomic mass is 10.0. The van der Waals surface area contributed by atoms with Crippen LogP contribution in [0.25, 0.3) is 22.4 Å². The number of nitrogens with zero attached hydrogens (tertiary/aromatic N) is 3. The second-order valence-electron chi connectivity index (χ2n) is 7.26. The summed E-state index contributed by atoms with van der Waals surface area (Å²) in [5.74, 6) is 1.18. The molecular formula is C18H20N4O2SSi. The molecule has 0 radical (unpaired) electrons. The Bertz CT molecular complexity index is 966. The third-order valence-electron chi connectivity index (χ3n) is 4.23. The summed E-state index contributed by atoms with van der Waals surface area (Å²) in [6.45, 7) is 6.09. The minimum Gasteiger partial charge on any atom is -0.481 e. The third-order valence-corrected chi connectivity index (χ3v) is 7.00. The van der Waals surface area contributed by atoms with Crippen molar-refractivity contribution in [3.63, 3.8) is 0 Å². The predicted molar refractivity (Wildman–Crippen MR) is 106 cm³/mol. The van der Waals surface area contributed by atoms with Crippen molar-refractivity contribution in [1.82, 2.24) is 14.8 Å². The Hall–Kier alpha value is -2.45. The molecule has 26 heavy (non-hydrogen) atoms. The Labute approximate surface area is 156 Å². The minimum atomic E-state index is -1.46. The van der Waals surface area contributed by atoms with Crippen molar-refractivity contribution < 1.29 is 9.53 Å². The largest absolute Gasteiger partial charge is 0.481 e. The van der Waals surface area contributed by atoms with Crippen LogP contribution < -0.4 is 10.1 Å². The second-order valence-corrected chi connectivity index (χ2v) is 13.0. The first-order chi connectivity index (χ1) is 12.4. The fourth-order valence-electron chi connectivity index (χ4n) is 3.11. The van der Waals surface area contributed by atoms with E-state index in [-0.39, 0.29) is 5.91 Å². The van der Waals surface area contributed by atoms with Gasteiger partial charge in [-0.3, -0.25) is 4.79 Å². The quantitative estimate of drug-likeness (QED) is 0.697. The van der Waals surface area contributed by atoms with E-state index < -0.39 is 8.07 Å². The van der Waals surface area contributed by atoms with Crippen molar-refractivity contribution in [2.75, 3.05) is 11.5 Å². The molecule has 8 heteroatoms. The Morgan fingerprint density at radius 1 is 1.35 bits per heavy atom. The topological polar surface area (TPSA) is 69.0 Å². The molecular weight excluding hydrogens is 364 g/mol. The van der Waals surface area contributed by atoms with Crippen LogP contribution in [-0.4, -0.2) is 35.0 Å². The summed E-state index contributed by atoms with van der Waals surface area (Å²) in [5.41, 5.74) is 3.88. The van der Waals surface area contributed by atoms with E-state index in [0.717, 1.165) is 40.7 Å². The zero-order chi connectivity index (χ0) is 18.3. The second kappa shape index (κ2) is 6.37. The van der Waals surface area contributed by atoms with Crippen LogP contribution in [0.4, 0.5) is 5.82 Å². The van der Waals surface area contributed by atoms with Crippen molar-refractivity contribution >= 4 is 31.1 Å². The van der Waals surface area contributed by atoms with Crippen LogP contribution >= 0.6 is 11.3 Å². The van der Waals surface area contributed by atoms with E-state index in [2.05, 4.69) is 34.8 Å². The minimum absolute atomic E-state index is 0.145. The molecule has 0 saturated carbocycles. The fourth-order valence-corrected chi connectivity index (χ4v) is 5.40. The molecule has 134 valence electrons. The summed E-state index contributed by atoms with van der Waals surface area (Å²) >= 11 is 1.64. The molecule has 0 saturated heterocycles. The number of thiophene rings is 1. The zero-order valence-corrected chi connectivity index (χ0v) is 16.8. The van der Waals surface area contributed by atoms with E-state index in [1.54, 1.807) is 17.5 Å². The highest BCUT2D eigenvalue weighted by Crippen LogP contribution is 2.42. The lowest BCUT2D eigenvalue weighted by Gasteiger charge is -2.28. The molecule has 6 nitrogen and oxygen atoms in total. The monoisotopic (exact) mass is 384 g/mol. The van der Waals surface area contributed by atoms with Gasteiger partial charge in [-0.2, -0.15) is 16.4 Å². The number of hydrogen-bond donors (Lipinski definition) is 1. The summed E-state index contributed by atoms with van der Waals surface area (Å²) < 4.78 is 8.19. The molecule has 3 aromatic rings. The maximum atomic E-state index is 11.4. The van der Waals surface area contributed by atoms with Crippen molar-refractivity contribution in [2.24, 2.45) is 0 Å². The van der Waals surface area contributed by atoms with E-state index in [1.165, 1.54) is 6.92 Å². The number of fused-ring (bicyclic) bond motifs is 1. The van der Waals surface area contributed by atoms with Gasteiger partial charge < -0.3 is 10.1 Å². The lowest BCUT2D eigenvalue weighted by molar-refractivity contribution is -0.114. The van der Waals surface area contributed by atoms with Gasteiger partial charge in [0.25, 0.3) is 0 Å². The van der Waals surface area contributed by atoms with Crippen LogP contribution in [0.2, 0.25) is 13.1 Å². The van der Waals surface area contributed by atoms with Gasteiger partial charge in [0.15, 0.2) is 0 Å². The van der Waals surface area contributed by atoms with E-state index in [4.69, 9.17) is 9.84 Å². The zero-order valence-electron chi connectivity index (χ0n) is 14.9. The van der Waals surface area contributed by atoms with E-state index in [9.17, 15) is 4.79 Å². The number of rotatable bonds is 3. The lowest BCUT2D eigenvalue weighted by Crippen LogP contribution is -2.44. The average Bonchev–Trinajstić information content (AvgIpc) is 3.20. The Kier molecular flexibility index (Phi) is 4.16. The van der Waals surface area contributed by atoms with Gasteiger partial charge in [0.2, 0.25) is 11.8 Å². The highest BCUT2D eigenvalue weighted by Gasteiger charge is 2.34. The summed E-state index contributed by atoms with van der Waals surface area (Å²) in [6.07, 6.45) is 3.41. The molecule has 1 amide bonds. The smallest absolute Gasteiger partial charge is 0.222 e. The molecule has 0 spiro atoms. The normalized spacial score (nSPS) is 15.2. The molecule has 0 fully saturated rings.